The summed E-state index contributed by atoms with van der Waals surface area (Å²) in [5, 5.41) is 22.7. The van der Waals surface area contributed by atoms with E-state index >= 15 is 0 Å². The van der Waals surface area contributed by atoms with E-state index in [4.69, 9.17) is 0 Å². The van der Waals surface area contributed by atoms with Crippen LogP contribution in [0.2, 0.25) is 0 Å². The molecule has 20 heavy (non-hydrogen) atoms. The smallest absolute Gasteiger partial charge is 0.142 e. The molecule has 2 aromatic heterocycles. The number of phenols is 1. The minimum absolute atomic E-state index is 0.0421. The van der Waals surface area contributed by atoms with Crippen molar-refractivity contribution in [1.82, 2.24) is 9.97 Å². The van der Waals surface area contributed by atoms with Crippen molar-refractivity contribution >= 4 is 39.0 Å². The van der Waals surface area contributed by atoms with Gasteiger partial charge < -0.3 is 10.2 Å². The van der Waals surface area contributed by atoms with E-state index in [2.05, 4.69) is 9.97 Å². The van der Waals surface area contributed by atoms with Gasteiger partial charge in [-0.15, -0.1) is 0 Å². The zero-order chi connectivity index (χ0) is 13.7. The van der Waals surface area contributed by atoms with E-state index in [0.717, 1.165) is 27.9 Å². The van der Waals surface area contributed by atoms with Crippen molar-refractivity contribution in [2.24, 2.45) is 0 Å². The van der Waals surface area contributed by atoms with E-state index in [9.17, 15) is 10.2 Å². The summed E-state index contributed by atoms with van der Waals surface area (Å²) in [6, 6.07) is 11.2. The SMILES string of the molecule is OC=c1cc(O)c2nccc3c4ccccc4nc1c23. The second kappa shape index (κ2) is 3.81. The van der Waals surface area contributed by atoms with Crippen molar-refractivity contribution in [2.45, 2.75) is 0 Å². The van der Waals surface area contributed by atoms with Gasteiger partial charge in [-0.25, -0.2) is 4.98 Å². The van der Waals surface area contributed by atoms with Gasteiger partial charge in [-0.3, -0.25) is 4.98 Å². The Morgan fingerprint density at radius 2 is 1.85 bits per heavy atom. The zero-order valence-corrected chi connectivity index (χ0v) is 10.4. The van der Waals surface area contributed by atoms with Crippen LogP contribution in [0, 0.1) is 0 Å². The van der Waals surface area contributed by atoms with E-state index in [1.807, 2.05) is 30.3 Å². The first-order valence-corrected chi connectivity index (χ1v) is 6.23. The molecule has 0 aliphatic rings. The van der Waals surface area contributed by atoms with E-state index in [1.165, 1.54) is 6.07 Å². The summed E-state index contributed by atoms with van der Waals surface area (Å²) in [7, 11) is 0. The highest BCUT2D eigenvalue weighted by atomic mass is 16.3. The number of nitrogens with zero attached hydrogens (tertiary/aromatic N) is 2. The number of phenolic OH excluding ortho intramolecular Hbond substituents is 1. The molecule has 0 saturated carbocycles. The van der Waals surface area contributed by atoms with Crippen LogP contribution in [0.5, 0.6) is 5.75 Å². The standard InChI is InChI=1S/C16H10N2O2/c19-8-9-7-13(20)16-14-11(5-6-17-16)10-3-1-2-4-12(10)18-15(9)14/h1-8,19-20H. The van der Waals surface area contributed by atoms with Crippen LogP contribution in [0.1, 0.15) is 0 Å². The summed E-state index contributed by atoms with van der Waals surface area (Å²) in [6.45, 7) is 0. The van der Waals surface area contributed by atoms with Gasteiger partial charge in [-0.05, 0) is 23.6 Å². The molecule has 4 heteroatoms. The maximum absolute atomic E-state index is 10.1. The molecule has 0 atom stereocenters. The third kappa shape index (κ3) is 1.30. The Kier molecular flexibility index (Phi) is 2.09. The van der Waals surface area contributed by atoms with Gasteiger partial charge in [0.25, 0.3) is 0 Å². The van der Waals surface area contributed by atoms with Crippen LogP contribution in [-0.2, 0) is 0 Å². The van der Waals surface area contributed by atoms with E-state index in [0.29, 0.717) is 16.3 Å². The van der Waals surface area contributed by atoms with Gasteiger partial charge >= 0.3 is 0 Å². The van der Waals surface area contributed by atoms with Crippen molar-refractivity contribution < 1.29 is 10.2 Å². The lowest BCUT2D eigenvalue weighted by atomic mass is 10.0. The highest BCUT2D eigenvalue weighted by Gasteiger charge is 2.13. The lowest BCUT2D eigenvalue weighted by molar-refractivity contribution is 0.479. The number of fused-ring (bicyclic) bond motifs is 2. The molecule has 0 saturated heterocycles. The van der Waals surface area contributed by atoms with Crippen LogP contribution in [0.15, 0.2) is 42.6 Å². The van der Waals surface area contributed by atoms with Gasteiger partial charge in [0, 0.05) is 22.2 Å². The minimum atomic E-state index is 0.0421. The summed E-state index contributed by atoms with van der Waals surface area (Å²) in [5.74, 6) is 0.0421. The van der Waals surface area contributed by atoms with Crippen LogP contribution < -0.4 is 5.22 Å². The second-order valence-electron chi connectivity index (χ2n) is 4.67. The van der Waals surface area contributed by atoms with Gasteiger partial charge in [-0.1, -0.05) is 18.2 Å². The second-order valence-corrected chi connectivity index (χ2v) is 4.67. The minimum Gasteiger partial charge on any atom is -0.515 e. The van der Waals surface area contributed by atoms with Gasteiger partial charge in [0.05, 0.1) is 17.3 Å². The number of rotatable bonds is 0. The number of hydrogen-bond donors (Lipinski definition) is 2. The summed E-state index contributed by atoms with van der Waals surface area (Å²) in [5.41, 5.74) is 1.99. The Labute approximate surface area is 113 Å². The van der Waals surface area contributed by atoms with Crippen molar-refractivity contribution in [3.05, 3.63) is 47.8 Å². The van der Waals surface area contributed by atoms with E-state index in [1.54, 1.807) is 6.20 Å². The van der Waals surface area contributed by atoms with Crippen LogP contribution in [0.25, 0.3) is 39.0 Å². The molecule has 0 radical (unpaired) electrons. The van der Waals surface area contributed by atoms with Crippen molar-refractivity contribution in [1.29, 1.82) is 0 Å². The van der Waals surface area contributed by atoms with Crippen LogP contribution in [0.3, 0.4) is 0 Å². The largest absolute Gasteiger partial charge is 0.515 e. The van der Waals surface area contributed by atoms with Crippen molar-refractivity contribution in [3.8, 4) is 5.75 Å². The highest BCUT2D eigenvalue weighted by Crippen LogP contribution is 2.32. The first-order valence-electron chi connectivity index (χ1n) is 6.23. The van der Waals surface area contributed by atoms with Crippen molar-refractivity contribution in [3.63, 3.8) is 0 Å². The lowest BCUT2D eigenvalue weighted by Crippen LogP contribution is -2.05. The van der Waals surface area contributed by atoms with Gasteiger partial charge in [0.1, 0.15) is 11.3 Å². The molecule has 0 aliphatic carbocycles. The number of aliphatic hydroxyl groups is 1. The monoisotopic (exact) mass is 262 g/mol. The molecule has 2 heterocycles. The summed E-state index contributed by atoms with van der Waals surface area (Å²) >= 11 is 0. The molecule has 0 aliphatic heterocycles. The Morgan fingerprint density at radius 1 is 1.00 bits per heavy atom. The quantitative estimate of drug-likeness (QED) is 0.377. The molecule has 0 bridgehead atoms. The predicted molar refractivity (Wildman–Crippen MR) is 78.5 cm³/mol. The van der Waals surface area contributed by atoms with E-state index in [-0.39, 0.29) is 5.75 Å². The Hall–Kier alpha value is -2.88. The number of aliphatic hydroxyl groups excluding tert-OH is 1. The Balaban J connectivity index is 2.47. The molecule has 0 spiro atoms. The number of pyridine rings is 2. The third-order valence-electron chi connectivity index (χ3n) is 3.56. The first kappa shape index (κ1) is 11.0. The number of hydrogen-bond acceptors (Lipinski definition) is 4. The molecular formula is C16H10N2O2. The van der Waals surface area contributed by atoms with Crippen LogP contribution in [0.4, 0.5) is 0 Å². The molecule has 4 nitrogen and oxygen atoms in total. The Bertz CT molecular complexity index is 1030. The van der Waals surface area contributed by atoms with Crippen LogP contribution in [-0.4, -0.2) is 20.2 Å². The number of benzene rings is 2. The molecule has 2 aromatic carbocycles. The normalized spacial score (nSPS) is 12.7. The number of aromatic hydroxyl groups is 1. The maximum atomic E-state index is 10.1. The fourth-order valence-corrected chi connectivity index (χ4v) is 2.69. The highest BCUT2D eigenvalue weighted by molar-refractivity contribution is 6.18. The Morgan fingerprint density at radius 3 is 2.70 bits per heavy atom. The van der Waals surface area contributed by atoms with Gasteiger partial charge in [-0.2, -0.15) is 0 Å². The fourth-order valence-electron chi connectivity index (χ4n) is 2.69. The molecule has 4 aromatic rings. The molecule has 0 fully saturated rings. The summed E-state index contributed by atoms with van der Waals surface area (Å²) in [6.07, 6.45) is 2.63. The van der Waals surface area contributed by atoms with Gasteiger partial charge in [0.15, 0.2) is 0 Å². The van der Waals surface area contributed by atoms with E-state index < -0.39 is 0 Å². The first-order chi connectivity index (χ1) is 9.79. The number of aromatic nitrogens is 2. The topological polar surface area (TPSA) is 66.2 Å². The zero-order valence-electron chi connectivity index (χ0n) is 10.4. The molecule has 4 rings (SSSR count). The maximum Gasteiger partial charge on any atom is 0.142 e. The lowest BCUT2D eigenvalue weighted by Gasteiger charge is -2.09. The number of para-hydroxylation sites is 1. The summed E-state index contributed by atoms with van der Waals surface area (Å²) < 4.78 is 0. The molecular weight excluding hydrogens is 252 g/mol. The molecule has 96 valence electrons. The van der Waals surface area contributed by atoms with Crippen LogP contribution >= 0.6 is 0 Å². The van der Waals surface area contributed by atoms with Gasteiger partial charge in [0.2, 0.25) is 0 Å². The summed E-state index contributed by atoms with van der Waals surface area (Å²) in [4.78, 5) is 8.82. The molecule has 0 unspecified atom stereocenters. The molecule has 2 N–H and O–H groups in total. The average molecular weight is 262 g/mol. The third-order valence-corrected chi connectivity index (χ3v) is 3.56. The fraction of sp³-hybridized carbons (Fsp3) is 0. The van der Waals surface area contributed by atoms with Crippen molar-refractivity contribution in [2.75, 3.05) is 0 Å². The molecule has 0 amide bonds. The average Bonchev–Trinajstić information content (AvgIpc) is 2.50. The predicted octanol–water partition coefficient (Wildman–Crippen LogP) is 2.66.